The highest BCUT2D eigenvalue weighted by Crippen LogP contribution is 2.37. The van der Waals surface area contributed by atoms with Gasteiger partial charge in [0, 0.05) is 5.39 Å². The summed E-state index contributed by atoms with van der Waals surface area (Å²) in [6, 6.07) is 11.5. The number of nitrogens with two attached hydrogens (primary N) is 1. The van der Waals surface area contributed by atoms with Crippen LogP contribution < -0.4 is 10.5 Å². The number of furan rings is 1. The molecule has 80 valence electrons. The molecule has 0 saturated carbocycles. The van der Waals surface area contributed by atoms with Gasteiger partial charge in [-0.1, -0.05) is 18.2 Å². The molecule has 0 bridgehead atoms. The first-order valence-corrected chi connectivity index (χ1v) is 5.05. The van der Waals surface area contributed by atoms with E-state index in [-0.39, 0.29) is 0 Å². The topological polar surface area (TPSA) is 48.4 Å². The number of anilines is 1. The molecule has 0 aliphatic heterocycles. The average Bonchev–Trinajstić information content (AvgIpc) is 2.68. The fourth-order valence-corrected chi connectivity index (χ4v) is 2.00. The molecule has 0 aliphatic carbocycles. The van der Waals surface area contributed by atoms with Crippen molar-refractivity contribution < 1.29 is 9.15 Å². The van der Waals surface area contributed by atoms with Gasteiger partial charge in [0.05, 0.1) is 18.2 Å². The molecule has 0 saturated heterocycles. The van der Waals surface area contributed by atoms with Crippen LogP contribution in [0.2, 0.25) is 0 Å². The van der Waals surface area contributed by atoms with E-state index in [1.165, 1.54) is 0 Å². The second-order valence-electron chi connectivity index (χ2n) is 3.65. The minimum atomic E-state index is 0.630. The van der Waals surface area contributed by atoms with Crippen LogP contribution in [0.1, 0.15) is 0 Å². The molecule has 0 amide bonds. The summed E-state index contributed by atoms with van der Waals surface area (Å²) in [5.74, 6) is 0.680. The molecule has 0 aliphatic rings. The van der Waals surface area contributed by atoms with Gasteiger partial charge in [-0.2, -0.15) is 0 Å². The first-order valence-electron chi connectivity index (χ1n) is 5.05. The predicted molar refractivity (Wildman–Crippen MR) is 64.7 cm³/mol. The maximum absolute atomic E-state index is 6.06. The summed E-state index contributed by atoms with van der Waals surface area (Å²) in [7, 11) is 1.61. The minimum absolute atomic E-state index is 0.630. The van der Waals surface area contributed by atoms with E-state index in [4.69, 9.17) is 14.9 Å². The average molecular weight is 213 g/mol. The number of nitrogen functional groups attached to an aromatic ring is 1. The van der Waals surface area contributed by atoms with Gasteiger partial charge in [-0.25, -0.2) is 0 Å². The third-order valence-corrected chi connectivity index (χ3v) is 2.76. The lowest BCUT2D eigenvalue weighted by Crippen LogP contribution is -1.92. The van der Waals surface area contributed by atoms with Gasteiger partial charge in [0.15, 0.2) is 0 Å². The molecule has 3 rings (SSSR count). The third kappa shape index (κ3) is 1.08. The summed E-state index contributed by atoms with van der Waals surface area (Å²) in [4.78, 5) is 0. The first kappa shape index (κ1) is 9.09. The van der Waals surface area contributed by atoms with E-state index in [1.54, 1.807) is 7.11 Å². The van der Waals surface area contributed by atoms with Crippen molar-refractivity contribution in [1.82, 2.24) is 0 Å². The van der Waals surface area contributed by atoms with Crippen molar-refractivity contribution in [1.29, 1.82) is 0 Å². The number of para-hydroxylation sites is 1. The molecular formula is C13H11NO2. The lowest BCUT2D eigenvalue weighted by atomic mass is 10.1. The van der Waals surface area contributed by atoms with Crippen molar-refractivity contribution in [2.24, 2.45) is 0 Å². The summed E-state index contributed by atoms with van der Waals surface area (Å²) >= 11 is 0. The van der Waals surface area contributed by atoms with Crippen molar-refractivity contribution in [3.8, 4) is 5.75 Å². The molecule has 0 fully saturated rings. The largest absolute Gasteiger partial charge is 0.495 e. The Hall–Kier alpha value is -2.16. The highest BCUT2D eigenvalue weighted by molar-refractivity contribution is 6.12. The van der Waals surface area contributed by atoms with Crippen LogP contribution in [0.25, 0.3) is 21.9 Å². The van der Waals surface area contributed by atoms with E-state index < -0.39 is 0 Å². The number of rotatable bonds is 1. The number of ether oxygens (including phenoxy) is 1. The predicted octanol–water partition coefficient (Wildman–Crippen LogP) is 3.18. The molecular weight excluding hydrogens is 202 g/mol. The highest BCUT2D eigenvalue weighted by atomic mass is 16.5. The summed E-state index contributed by atoms with van der Waals surface area (Å²) in [5.41, 5.74) is 8.32. The van der Waals surface area contributed by atoms with Gasteiger partial charge in [0.2, 0.25) is 0 Å². The van der Waals surface area contributed by atoms with E-state index in [9.17, 15) is 0 Å². The molecule has 0 spiro atoms. The monoisotopic (exact) mass is 213 g/mol. The molecule has 0 radical (unpaired) electrons. The van der Waals surface area contributed by atoms with Crippen LogP contribution in [-0.4, -0.2) is 7.11 Å². The molecule has 2 N–H and O–H groups in total. The maximum atomic E-state index is 6.06. The quantitative estimate of drug-likeness (QED) is 0.631. The van der Waals surface area contributed by atoms with Crippen LogP contribution in [0.4, 0.5) is 5.69 Å². The number of hydrogen-bond acceptors (Lipinski definition) is 3. The van der Waals surface area contributed by atoms with E-state index >= 15 is 0 Å². The van der Waals surface area contributed by atoms with Crippen molar-refractivity contribution in [3.63, 3.8) is 0 Å². The van der Waals surface area contributed by atoms with E-state index in [0.717, 1.165) is 21.9 Å². The Balaban J connectivity index is 2.53. The second kappa shape index (κ2) is 3.17. The van der Waals surface area contributed by atoms with Gasteiger partial charge >= 0.3 is 0 Å². The molecule has 3 nitrogen and oxygen atoms in total. The summed E-state index contributed by atoms with van der Waals surface area (Å²) < 4.78 is 10.9. The lowest BCUT2D eigenvalue weighted by Gasteiger charge is -2.04. The fraction of sp³-hybridized carbons (Fsp3) is 0.0769. The zero-order valence-electron chi connectivity index (χ0n) is 8.86. The number of methoxy groups -OCH3 is 1. The smallest absolute Gasteiger partial charge is 0.142 e. The third-order valence-electron chi connectivity index (χ3n) is 2.76. The highest BCUT2D eigenvalue weighted by Gasteiger charge is 2.12. The second-order valence-corrected chi connectivity index (χ2v) is 3.65. The molecule has 1 heterocycles. The summed E-state index contributed by atoms with van der Waals surface area (Å²) in [6.45, 7) is 0. The molecule has 3 aromatic rings. The van der Waals surface area contributed by atoms with Crippen LogP contribution in [-0.2, 0) is 0 Å². The number of benzene rings is 2. The van der Waals surface area contributed by atoms with E-state index in [2.05, 4.69) is 0 Å². The minimum Gasteiger partial charge on any atom is -0.495 e. The van der Waals surface area contributed by atoms with Crippen LogP contribution in [0.15, 0.2) is 40.8 Å². The Kier molecular flexibility index (Phi) is 1.80. The Bertz CT molecular complexity index is 670. The summed E-state index contributed by atoms with van der Waals surface area (Å²) in [5, 5.41) is 1.95. The Labute approximate surface area is 92.4 Å². The Morgan fingerprint density at radius 1 is 1.06 bits per heavy atom. The SMILES string of the molecule is COc1ccc2oc3ccccc3c2c1N. The van der Waals surface area contributed by atoms with Crippen molar-refractivity contribution in [2.45, 2.75) is 0 Å². The first-order chi connectivity index (χ1) is 7.81. The molecule has 2 aromatic carbocycles. The molecule has 0 unspecified atom stereocenters. The van der Waals surface area contributed by atoms with Crippen LogP contribution >= 0.6 is 0 Å². The lowest BCUT2D eigenvalue weighted by molar-refractivity contribution is 0.417. The molecule has 0 atom stereocenters. The zero-order chi connectivity index (χ0) is 11.1. The van der Waals surface area contributed by atoms with E-state index in [1.807, 2.05) is 36.4 Å². The van der Waals surface area contributed by atoms with Gasteiger partial charge in [-0.15, -0.1) is 0 Å². The number of hydrogen-bond donors (Lipinski definition) is 1. The molecule has 16 heavy (non-hydrogen) atoms. The summed E-state index contributed by atoms with van der Waals surface area (Å²) in [6.07, 6.45) is 0. The fourth-order valence-electron chi connectivity index (χ4n) is 2.00. The zero-order valence-corrected chi connectivity index (χ0v) is 8.86. The standard InChI is InChI=1S/C13H11NO2/c1-15-11-7-6-10-12(13(11)14)8-4-2-3-5-9(8)16-10/h2-7H,14H2,1H3. The molecule has 1 aromatic heterocycles. The van der Waals surface area contributed by atoms with Crippen molar-refractivity contribution in [3.05, 3.63) is 36.4 Å². The van der Waals surface area contributed by atoms with Crippen LogP contribution in [0, 0.1) is 0 Å². The normalized spacial score (nSPS) is 11.1. The maximum Gasteiger partial charge on any atom is 0.142 e. The van der Waals surface area contributed by atoms with Crippen LogP contribution in [0.3, 0.4) is 0 Å². The van der Waals surface area contributed by atoms with Gasteiger partial charge in [-0.3, -0.25) is 0 Å². The van der Waals surface area contributed by atoms with Gasteiger partial charge in [0.25, 0.3) is 0 Å². The Morgan fingerprint density at radius 2 is 1.88 bits per heavy atom. The van der Waals surface area contributed by atoms with Crippen LogP contribution in [0.5, 0.6) is 5.75 Å². The Morgan fingerprint density at radius 3 is 2.69 bits per heavy atom. The number of fused-ring (bicyclic) bond motifs is 3. The van der Waals surface area contributed by atoms with E-state index in [0.29, 0.717) is 11.4 Å². The van der Waals surface area contributed by atoms with Gasteiger partial charge in [-0.05, 0) is 18.2 Å². The van der Waals surface area contributed by atoms with Gasteiger partial charge < -0.3 is 14.9 Å². The molecule has 3 heteroatoms. The van der Waals surface area contributed by atoms with Gasteiger partial charge in [0.1, 0.15) is 16.9 Å². The van der Waals surface area contributed by atoms with Crippen molar-refractivity contribution >= 4 is 27.6 Å². The van der Waals surface area contributed by atoms with Crippen molar-refractivity contribution in [2.75, 3.05) is 12.8 Å².